The summed E-state index contributed by atoms with van der Waals surface area (Å²) in [4.78, 5) is 0. The largest absolute Gasteiger partial charge is 0.453 e. The molecule has 0 bridgehead atoms. The van der Waals surface area contributed by atoms with Crippen molar-refractivity contribution < 1.29 is 4.42 Å². The first-order valence-corrected chi connectivity index (χ1v) is 9.13. The average molecular weight is 349 g/mol. The number of aryl methyl sites for hydroxylation is 1. The molecule has 0 aliphatic rings. The summed E-state index contributed by atoms with van der Waals surface area (Å²) in [6.45, 7) is 2.09. The smallest absolute Gasteiger partial charge is 0.158 e. The van der Waals surface area contributed by atoms with Crippen LogP contribution < -0.4 is 5.32 Å². The molecule has 0 aliphatic heterocycles. The van der Waals surface area contributed by atoms with Gasteiger partial charge in [-0.05, 0) is 30.7 Å². The quantitative estimate of drug-likeness (QED) is 0.369. The third kappa shape index (κ3) is 2.76. The molecule has 0 atom stereocenters. The molecule has 1 N–H and O–H groups in total. The molecule has 0 radical (unpaired) electrons. The minimum absolute atomic E-state index is 0.886. The lowest BCUT2D eigenvalue weighted by atomic mass is 10.0. The van der Waals surface area contributed by atoms with Crippen molar-refractivity contribution in [3.05, 3.63) is 96.6 Å². The third-order valence-corrected chi connectivity index (χ3v) is 4.94. The molecule has 0 amide bonds. The van der Waals surface area contributed by atoms with E-state index in [4.69, 9.17) is 4.42 Å². The molecule has 0 saturated heterocycles. The highest BCUT2D eigenvalue weighted by Crippen LogP contribution is 2.39. The standard InChI is InChI=1S/C25H19NO/c1-17-13-15-19(16-14-17)26-23-12-6-11-22-21-10-5-9-20(24(21)27-25(22)23)18-7-3-2-4-8-18/h2-16,26H,1H3. The maximum Gasteiger partial charge on any atom is 0.158 e. The molecule has 0 unspecified atom stereocenters. The van der Waals surface area contributed by atoms with Gasteiger partial charge >= 0.3 is 0 Å². The van der Waals surface area contributed by atoms with Crippen LogP contribution in [0.1, 0.15) is 5.56 Å². The third-order valence-electron chi connectivity index (χ3n) is 4.94. The normalized spacial score (nSPS) is 11.1. The highest BCUT2D eigenvalue weighted by atomic mass is 16.3. The Morgan fingerprint density at radius 1 is 0.630 bits per heavy atom. The lowest BCUT2D eigenvalue weighted by Gasteiger charge is -2.07. The van der Waals surface area contributed by atoms with E-state index in [0.717, 1.165) is 44.4 Å². The minimum Gasteiger partial charge on any atom is -0.453 e. The van der Waals surface area contributed by atoms with Crippen molar-refractivity contribution in [3.63, 3.8) is 0 Å². The Morgan fingerprint density at radius 3 is 2.11 bits per heavy atom. The molecule has 1 aromatic heterocycles. The molecule has 130 valence electrons. The molecule has 5 aromatic rings. The second-order valence-electron chi connectivity index (χ2n) is 6.82. The summed E-state index contributed by atoms with van der Waals surface area (Å²) < 4.78 is 6.40. The van der Waals surface area contributed by atoms with Crippen LogP contribution in [-0.2, 0) is 0 Å². The molecule has 2 heteroatoms. The number of nitrogens with one attached hydrogen (secondary N) is 1. The number of furan rings is 1. The SMILES string of the molecule is Cc1ccc(Nc2cccc3c2oc2c(-c4ccccc4)cccc23)cc1. The van der Waals surface area contributed by atoms with Crippen molar-refractivity contribution in [1.29, 1.82) is 0 Å². The van der Waals surface area contributed by atoms with Crippen LogP contribution >= 0.6 is 0 Å². The fraction of sp³-hybridized carbons (Fsp3) is 0.0400. The summed E-state index contributed by atoms with van der Waals surface area (Å²) in [5.74, 6) is 0. The van der Waals surface area contributed by atoms with Crippen molar-refractivity contribution in [2.45, 2.75) is 6.92 Å². The minimum atomic E-state index is 0.886. The maximum atomic E-state index is 6.40. The van der Waals surface area contributed by atoms with E-state index in [1.807, 2.05) is 6.07 Å². The van der Waals surface area contributed by atoms with Gasteiger partial charge in [-0.3, -0.25) is 0 Å². The fourth-order valence-electron chi connectivity index (χ4n) is 3.56. The van der Waals surface area contributed by atoms with E-state index >= 15 is 0 Å². The highest BCUT2D eigenvalue weighted by molar-refractivity contribution is 6.12. The summed E-state index contributed by atoms with van der Waals surface area (Å²) in [7, 11) is 0. The molecule has 5 rings (SSSR count). The van der Waals surface area contributed by atoms with Gasteiger partial charge in [0.25, 0.3) is 0 Å². The van der Waals surface area contributed by atoms with Crippen molar-refractivity contribution in [2.24, 2.45) is 0 Å². The van der Waals surface area contributed by atoms with E-state index in [-0.39, 0.29) is 0 Å². The Balaban J connectivity index is 1.70. The van der Waals surface area contributed by atoms with Crippen LogP contribution in [0.3, 0.4) is 0 Å². The molecule has 1 heterocycles. The predicted octanol–water partition coefficient (Wildman–Crippen LogP) is 7.31. The van der Waals surface area contributed by atoms with E-state index in [1.165, 1.54) is 5.56 Å². The van der Waals surface area contributed by atoms with Crippen molar-refractivity contribution in [3.8, 4) is 11.1 Å². The highest BCUT2D eigenvalue weighted by Gasteiger charge is 2.14. The molecular formula is C25H19NO. The maximum absolute atomic E-state index is 6.40. The van der Waals surface area contributed by atoms with E-state index in [2.05, 4.69) is 97.2 Å². The van der Waals surface area contributed by atoms with Crippen molar-refractivity contribution in [1.82, 2.24) is 0 Å². The predicted molar refractivity (Wildman–Crippen MR) is 114 cm³/mol. The van der Waals surface area contributed by atoms with Crippen molar-refractivity contribution in [2.75, 3.05) is 5.32 Å². The Kier molecular flexibility index (Phi) is 3.68. The van der Waals surface area contributed by atoms with Gasteiger partial charge in [0.05, 0.1) is 5.69 Å². The Bertz CT molecular complexity index is 1230. The van der Waals surface area contributed by atoms with Gasteiger partial charge in [-0.2, -0.15) is 0 Å². The number of para-hydroxylation sites is 2. The van der Waals surface area contributed by atoms with Gasteiger partial charge in [-0.15, -0.1) is 0 Å². The van der Waals surface area contributed by atoms with E-state index < -0.39 is 0 Å². The van der Waals surface area contributed by atoms with Gasteiger partial charge < -0.3 is 9.73 Å². The van der Waals surface area contributed by atoms with Gasteiger partial charge in [0.15, 0.2) is 5.58 Å². The number of anilines is 2. The van der Waals surface area contributed by atoms with Gasteiger partial charge in [0, 0.05) is 22.0 Å². The summed E-state index contributed by atoms with van der Waals surface area (Å²) in [5, 5.41) is 5.76. The molecule has 27 heavy (non-hydrogen) atoms. The first-order valence-electron chi connectivity index (χ1n) is 9.13. The number of rotatable bonds is 3. The zero-order valence-corrected chi connectivity index (χ0v) is 15.1. The average Bonchev–Trinajstić information content (AvgIpc) is 3.10. The molecule has 0 spiro atoms. The Hall–Kier alpha value is -3.52. The molecule has 0 fully saturated rings. The topological polar surface area (TPSA) is 25.2 Å². The zero-order valence-electron chi connectivity index (χ0n) is 15.1. The van der Waals surface area contributed by atoms with E-state index in [0.29, 0.717) is 0 Å². The van der Waals surface area contributed by atoms with Crippen LogP contribution in [0.5, 0.6) is 0 Å². The molecule has 4 aromatic carbocycles. The van der Waals surface area contributed by atoms with E-state index in [9.17, 15) is 0 Å². The summed E-state index contributed by atoms with van der Waals surface area (Å²) >= 11 is 0. The van der Waals surface area contributed by atoms with Gasteiger partial charge in [-0.25, -0.2) is 0 Å². The Morgan fingerprint density at radius 2 is 1.33 bits per heavy atom. The summed E-state index contributed by atoms with van der Waals surface area (Å²) in [5.41, 5.74) is 7.37. The lowest BCUT2D eigenvalue weighted by Crippen LogP contribution is -1.90. The fourth-order valence-corrected chi connectivity index (χ4v) is 3.56. The second kappa shape index (κ2) is 6.33. The molecule has 0 saturated carbocycles. The number of benzene rings is 4. The van der Waals surface area contributed by atoms with Crippen LogP contribution in [0.4, 0.5) is 11.4 Å². The summed E-state index contributed by atoms with van der Waals surface area (Å²) in [6, 6.07) is 31.4. The Labute approximate surface area is 158 Å². The number of hydrogen-bond acceptors (Lipinski definition) is 2. The van der Waals surface area contributed by atoms with Crippen molar-refractivity contribution >= 4 is 33.3 Å². The number of fused-ring (bicyclic) bond motifs is 3. The van der Waals surface area contributed by atoms with Crippen LogP contribution in [0.15, 0.2) is 95.4 Å². The van der Waals surface area contributed by atoms with Crippen LogP contribution in [0.2, 0.25) is 0 Å². The second-order valence-corrected chi connectivity index (χ2v) is 6.82. The summed E-state index contributed by atoms with van der Waals surface area (Å²) in [6.07, 6.45) is 0. The van der Waals surface area contributed by atoms with Crippen LogP contribution in [0.25, 0.3) is 33.1 Å². The van der Waals surface area contributed by atoms with Gasteiger partial charge in [-0.1, -0.05) is 78.4 Å². The van der Waals surface area contributed by atoms with Gasteiger partial charge in [0.1, 0.15) is 5.58 Å². The first kappa shape index (κ1) is 15.7. The first-order chi connectivity index (χ1) is 13.3. The molecular weight excluding hydrogens is 330 g/mol. The monoisotopic (exact) mass is 349 g/mol. The number of hydrogen-bond donors (Lipinski definition) is 1. The van der Waals surface area contributed by atoms with Gasteiger partial charge in [0.2, 0.25) is 0 Å². The lowest BCUT2D eigenvalue weighted by molar-refractivity contribution is 0.671. The molecule has 2 nitrogen and oxygen atoms in total. The van der Waals surface area contributed by atoms with Crippen LogP contribution in [0, 0.1) is 6.92 Å². The van der Waals surface area contributed by atoms with E-state index in [1.54, 1.807) is 0 Å². The zero-order chi connectivity index (χ0) is 18.2. The van der Waals surface area contributed by atoms with Crippen LogP contribution in [-0.4, -0.2) is 0 Å². The molecule has 0 aliphatic carbocycles.